The van der Waals surface area contributed by atoms with E-state index in [0.717, 1.165) is 28.1 Å². The molecule has 1 heterocycles. The van der Waals surface area contributed by atoms with Gasteiger partial charge in [0.05, 0.1) is 25.4 Å². The second kappa shape index (κ2) is 5.75. The van der Waals surface area contributed by atoms with Crippen LogP contribution in [0.25, 0.3) is 10.9 Å². The molecule has 0 aliphatic rings. The molecule has 0 radical (unpaired) electrons. The van der Waals surface area contributed by atoms with Crippen molar-refractivity contribution in [3.05, 3.63) is 48.7 Å². The lowest BCUT2D eigenvalue weighted by Gasteiger charge is -2.08. The lowest BCUT2D eigenvalue weighted by Crippen LogP contribution is -2.09. The van der Waals surface area contributed by atoms with Gasteiger partial charge in [0, 0.05) is 11.1 Å². The van der Waals surface area contributed by atoms with Gasteiger partial charge in [-0.05, 0) is 42.5 Å². The first-order valence-corrected chi connectivity index (χ1v) is 6.74. The molecule has 0 spiro atoms. The summed E-state index contributed by atoms with van der Waals surface area (Å²) in [6, 6.07) is 13.3. The molecular weight excluding hydrogens is 266 g/mol. The molecule has 2 aromatic carbocycles. The number of benzene rings is 2. The van der Waals surface area contributed by atoms with E-state index >= 15 is 0 Å². The van der Waals surface area contributed by atoms with Crippen molar-refractivity contribution in [3.63, 3.8) is 0 Å². The third-order valence-electron chi connectivity index (χ3n) is 3.30. The van der Waals surface area contributed by atoms with Gasteiger partial charge >= 0.3 is 0 Å². The Bertz CT molecular complexity index is 735. The van der Waals surface area contributed by atoms with Crippen LogP contribution in [0.5, 0.6) is 11.5 Å². The number of aromatic nitrogens is 2. The zero-order chi connectivity index (χ0) is 14.7. The Hall–Kier alpha value is -2.69. The van der Waals surface area contributed by atoms with Crippen LogP contribution < -0.4 is 15.2 Å². The molecular formula is C16H17N3O2. The average Bonchev–Trinajstić information content (AvgIpc) is 2.90. The minimum Gasteiger partial charge on any atom is -0.497 e. The Morgan fingerprint density at radius 2 is 1.86 bits per heavy atom. The molecule has 2 N–H and O–H groups in total. The van der Waals surface area contributed by atoms with Gasteiger partial charge in [0.1, 0.15) is 18.1 Å². The predicted octanol–water partition coefficient (Wildman–Crippen LogP) is 2.71. The third-order valence-corrected chi connectivity index (χ3v) is 3.30. The number of fused-ring (bicyclic) bond motifs is 1. The van der Waals surface area contributed by atoms with Crippen molar-refractivity contribution in [2.24, 2.45) is 0 Å². The quantitative estimate of drug-likeness (QED) is 0.731. The molecule has 0 amide bonds. The number of hydrogen-bond acceptors (Lipinski definition) is 4. The Balaban J connectivity index is 1.64. The molecule has 0 saturated heterocycles. The predicted molar refractivity (Wildman–Crippen MR) is 82.6 cm³/mol. The minimum atomic E-state index is 0.540. The van der Waals surface area contributed by atoms with E-state index in [9.17, 15) is 0 Å². The van der Waals surface area contributed by atoms with Gasteiger partial charge in [-0.3, -0.25) is 4.68 Å². The minimum absolute atomic E-state index is 0.540. The van der Waals surface area contributed by atoms with E-state index in [-0.39, 0.29) is 0 Å². The Labute approximate surface area is 122 Å². The third kappa shape index (κ3) is 2.91. The van der Waals surface area contributed by atoms with Gasteiger partial charge in [0.15, 0.2) is 0 Å². The van der Waals surface area contributed by atoms with Crippen LogP contribution in [-0.4, -0.2) is 23.5 Å². The topological polar surface area (TPSA) is 62.3 Å². The first-order chi connectivity index (χ1) is 10.3. The normalized spacial score (nSPS) is 10.7. The molecule has 3 aromatic rings. The Morgan fingerprint density at radius 3 is 2.62 bits per heavy atom. The maximum Gasteiger partial charge on any atom is 0.119 e. The van der Waals surface area contributed by atoms with E-state index in [2.05, 4.69) is 5.10 Å². The van der Waals surface area contributed by atoms with Crippen molar-refractivity contribution >= 4 is 16.6 Å². The number of nitrogens with zero attached hydrogens (tertiary/aromatic N) is 2. The van der Waals surface area contributed by atoms with Crippen molar-refractivity contribution in [1.29, 1.82) is 0 Å². The summed E-state index contributed by atoms with van der Waals surface area (Å²) in [4.78, 5) is 0. The summed E-state index contributed by atoms with van der Waals surface area (Å²) in [6.07, 6.45) is 1.84. The van der Waals surface area contributed by atoms with Gasteiger partial charge in [-0.25, -0.2) is 0 Å². The van der Waals surface area contributed by atoms with Crippen LogP contribution in [0.3, 0.4) is 0 Å². The van der Waals surface area contributed by atoms with E-state index in [1.807, 2.05) is 53.3 Å². The van der Waals surface area contributed by atoms with Crippen LogP contribution in [-0.2, 0) is 6.54 Å². The molecule has 0 unspecified atom stereocenters. The Kier molecular flexibility index (Phi) is 3.64. The number of methoxy groups -OCH3 is 1. The van der Waals surface area contributed by atoms with Crippen molar-refractivity contribution in [3.8, 4) is 11.5 Å². The first-order valence-electron chi connectivity index (χ1n) is 6.74. The highest BCUT2D eigenvalue weighted by molar-refractivity contribution is 5.81. The number of nitrogen functional groups attached to an aromatic ring is 1. The van der Waals surface area contributed by atoms with E-state index in [1.54, 1.807) is 7.11 Å². The van der Waals surface area contributed by atoms with Crippen LogP contribution in [0.1, 0.15) is 0 Å². The molecule has 0 atom stereocenters. The molecule has 5 heteroatoms. The van der Waals surface area contributed by atoms with E-state index in [4.69, 9.17) is 15.2 Å². The number of anilines is 1. The van der Waals surface area contributed by atoms with Gasteiger partial charge in [-0.2, -0.15) is 5.10 Å². The van der Waals surface area contributed by atoms with E-state index in [1.165, 1.54) is 0 Å². The largest absolute Gasteiger partial charge is 0.497 e. The fraction of sp³-hybridized carbons (Fsp3) is 0.188. The summed E-state index contributed by atoms with van der Waals surface area (Å²) >= 11 is 0. The zero-order valence-electron chi connectivity index (χ0n) is 11.8. The van der Waals surface area contributed by atoms with E-state index < -0.39 is 0 Å². The maximum atomic E-state index is 5.81. The Morgan fingerprint density at radius 1 is 1.10 bits per heavy atom. The van der Waals surface area contributed by atoms with Crippen molar-refractivity contribution in [1.82, 2.24) is 9.78 Å². The molecule has 3 rings (SSSR count). The molecule has 5 nitrogen and oxygen atoms in total. The summed E-state index contributed by atoms with van der Waals surface area (Å²) in [5.74, 6) is 1.63. The van der Waals surface area contributed by atoms with Crippen LogP contribution in [0.4, 0.5) is 5.69 Å². The lowest BCUT2D eigenvalue weighted by molar-refractivity contribution is 0.293. The van der Waals surface area contributed by atoms with Gasteiger partial charge in [-0.15, -0.1) is 0 Å². The molecule has 0 aliphatic carbocycles. The highest BCUT2D eigenvalue weighted by Crippen LogP contribution is 2.18. The second-order valence-electron chi connectivity index (χ2n) is 4.71. The zero-order valence-corrected chi connectivity index (χ0v) is 11.8. The number of nitrogens with two attached hydrogens (primary N) is 1. The maximum absolute atomic E-state index is 5.81. The van der Waals surface area contributed by atoms with Crippen molar-refractivity contribution in [2.45, 2.75) is 6.54 Å². The average molecular weight is 283 g/mol. The van der Waals surface area contributed by atoms with Gasteiger partial charge < -0.3 is 15.2 Å². The first kappa shape index (κ1) is 13.3. The fourth-order valence-corrected chi connectivity index (χ4v) is 2.19. The summed E-state index contributed by atoms with van der Waals surface area (Å²) in [5, 5.41) is 5.43. The van der Waals surface area contributed by atoms with Crippen molar-refractivity contribution < 1.29 is 9.47 Å². The number of rotatable bonds is 5. The van der Waals surface area contributed by atoms with E-state index in [0.29, 0.717) is 13.2 Å². The molecule has 0 bridgehead atoms. The summed E-state index contributed by atoms with van der Waals surface area (Å²) < 4.78 is 12.7. The van der Waals surface area contributed by atoms with Crippen LogP contribution >= 0.6 is 0 Å². The lowest BCUT2D eigenvalue weighted by atomic mass is 10.2. The molecule has 21 heavy (non-hydrogen) atoms. The summed E-state index contributed by atoms with van der Waals surface area (Å²) in [6.45, 7) is 1.21. The summed E-state index contributed by atoms with van der Waals surface area (Å²) in [7, 11) is 1.64. The van der Waals surface area contributed by atoms with Gasteiger partial charge in [-0.1, -0.05) is 0 Å². The number of ether oxygens (including phenoxy) is 2. The molecule has 0 aliphatic heterocycles. The summed E-state index contributed by atoms with van der Waals surface area (Å²) in [5.41, 5.74) is 7.57. The van der Waals surface area contributed by atoms with Gasteiger partial charge in [0.2, 0.25) is 0 Å². The van der Waals surface area contributed by atoms with Gasteiger partial charge in [0.25, 0.3) is 0 Å². The number of hydrogen-bond donors (Lipinski definition) is 1. The molecule has 108 valence electrons. The van der Waals surface area contributed by atoms with Crippen molar-refractivity contribution in [2.75, 3.05) is 19.5 Å². The monoisotopic (exact) mass is 283 g/mol. The SMILES string of the molecule is COc1ccc(OCCn2ncc3ccc(N)cc32)cc1. The molecule has 0 saturated carbocycles. The molecule has 1 aromatic heterocycles. The second-order valence-corrected chi connectivity index (χ2v) is 4.71. The highest BCUT2D eigenvalue weighted by Gasteiger charge is 2.03. The fourth-order valence-electron chi connectivity index (χ4n) is 2.19. The molecule has 0 fully saturated rings. The smallest absolute Gasteiger partial charge is 0.119 e. The van der Waals surface area contributed by atoms with Crippen LogP contribution in [0.2, 0.25) is 0 Å². The highest BCUT2D eigenvalue weighted by atomic mass is 16.5. The van der Waals surface area contributed by atoms with Crippen LogP contribution in [0, 0.1) is 0 Å². The standard InChI is InChI=1S/C16H17N3O2/c1-20-14-4-6-15(7-5-14)21-9-8-19-16-10-13(17)3-2-12(16)11-18-19/h2-7,10-11H,8-9,17H2,1H3. The van der Waals surface area contributed by atoms with Crippen LogP contribution in [0.15, 0.2) is 48.7 Å².